The molecule has 0 atom stereocenters. The lowest BCUT2D eigenvalue weighted by atomic mass is 10.1. The first-order valence-corrected chi connectivity index (χ1v) is 5.73. The fourth-order valence-electron chi connectivity index (χ4n) is 1.79. The summed E-state index contributed by atoms with van der Waals surface area (Å²) in [5.74, 6) is 0.667. The van der Waals surface area contributed by atoms with Gasteiger partial charge in [-0.15, -0.1) is 0 Å². The van der Waals surface area contributed by atoms with Gasteiger partial charge in [-0.3, -0.25) is 0 Å². The molecule has 0 aromatic carbocycles. The summed E-state index contributed by atoms with van der Waals surface area (Å²) < 4.78 is 0. The van der Waals surface area contributed by atoms with Gasteiger partial charge in [-0.2, -0.15) is 0 Å². The topological polar surface area (TPSA) is 41.1 Å². The van der Waals surface area contributed by atoms with E-state index in [0.29, 0.717) is 5.92 Å². The Balaban J connectivity index is 2.21. The van der Waals surface area contributed by atoms with Crippen molar-refractivity contribution in [2.75, 3.05) is 0 Å². The van der Waals surface area contributed by atoms with E-state index < -0.39 is 0 Å². The first-order chi connectivity index (χ1) is 6.97. The van der Waals surface area contributed by atoms with Gasteiger partial charge >= 0.3 is 6.03 Å². The van der Waals surface area contributed by atoms with Gasteiger partial charge in [-0.25, -0.2) is 4.79 Å². The molecule has 15 heavy (non-hydrogen) atoms. The van der Waals surface area contributed by atoms with Crippen LogP contribution in [0.2, 0.25) is 0 Å². The molecule has 1 rings (SSSR count). The maximum atomic E-state index is 11.4. The minimum atomic E-state index is -0.175. The van der Waals surface area contributed by atoms with E-state index in [1.165, 1.54) is 25.7 Å². The molecule has 1 fully saturated rings. The number of carbonyl (C=O) groups excluding carboxylic acids is 1. The maximum Gasteiger partial charge on any atom is 0.319 e. The van der Waals surface area contributed by atoms with Gasteiger partial charge in [-0.1, -0.05) is 18.9 Å². The van der Waals surface area contributed by atoms with Crippen LogP contribution < -0.4 is 10.6 Å². The minimum absolute atomic E-state index is 0.128. The summed E-state index contributed by atoms with van der Waals surface area (Å²) >= 11 is 0. The third-order valence-electron chi connectivity index (χ3n) is 2.47. The number of urea groups is 1. The van der Waals surface area contributed by atoms with Crippen LogP contribution in [0.3, 0.4) is 0 Å². The summed E-state index contributed by atoms with van der Waals surface area (Å²) in [6.07, 6.45) is 9.05. The lowest BCUT2D eigenvalue weighted by Gasteiger charge is -2.19. The van der Waals surface area contributed by atoms with E-state index in [-0.39, 0.29) is 11.6 Å². The van der Waals surface area contributed by atoms with Crippen LogP contribution in [0.4, 0.5) is 4.79 Å². The van der Waals surface area contributed by atoms with E-state index >= 15 is 0 Å². The number of nitrogens with one attached hydrogen (secondary N) is 2. The van der Waals surface area contributed by atoms with Gasteiger partial charge in [0.1, 0.15) is 0 Å². The molecular formula is C12H22N2O. The van der Waals surface area contributed by atoms with Crippen molar-refractivity contribution in [3.8, 4) is 0 Å². The van der Waals surface area contributed by atoms with E-state index in [4.69, 9.17) is 0 Å². The normalized spacial score (nSPS) is 18.3. The van der Waals surface area contributed by atoms with Crippen LogP contribution in [0.15, 0.2) is 12.3 Å². The Morgan fingerprint density at radius 3 is 2.40 bits per heavy atom. The largest absolute Gasteiger partial charge is 0.333 e. The zero-order valence-corrected chi connectivity index (χ0v) is 9.97. The van der Waals surface area contributed by atoms with Gasteiger partial charge in [-0.05, 0) is 39.5 Å². The van der Waals surface area contributed by atoms with Gasteiger partial charge in [0.15, 0.2) is 0 Å². The molecule has 1 aliphatic rings. The highest BCUT2D eigenvalue weighted by atomic mass is 16.2. The monoisotopic (exact) mass is 210 g/mol. The fourth-order valence-corrected chi connectivity index (χ4v) is 1.79. The molecule has 2 N–H and O–H groups in total. The summed E-state index contributed by atoms with van der Waals surface area (Å²) in [6, 6.07) is -0.128. The molecule has 0 bridgehead atoms. The van der Waals surface area contributed by atoms with Crippen LogP contribution >= 0.6 is 0 Å². The first-order valence-electron chi connectivity index (χ1n) is 5.73. The molecule has 3 heteroatoms. The number of amides is 2. The Bertz CT molecular complexity index is 234. The molecule has 0 heterocycles. The van der Waals surface area contributed by atoms with E-state index in [1.54, 1.807) is 6.20 Å². The van der Waals surface area contributed by atoms with Crippen LogP contribution in [0, 0.1) is 5.92 Å². The number of rotatable bonds is 2. The molecule has 1 saturated carbocycles. The second kappa shape index (κ2) is 5.19. The molecule has 1 aliphatic carbocycles. The number of carbonyl (C=O) groups is 1. The van der Waals surface area contributed by atoms with Gasteiger partial charge in [0.05, 0.1) is 0 Å². The predicted molar refractivity (Wildman–Crippen MR) is 62.5 cm³/mol. The highest BCUT2D eigenvalue weighted by Gasteiger charge is 2.13. The molecule has 0 aromatic heterocycles. The zero-order valence-electron chi connectivity index (χ0n) is 9.97. The standard InChI is InChI=1S/C12H22N2O/c1-12(2,3)14-11(15)13-9-8-10-6-4-5-7-10/h8-10H,4-7H2,1-3H3,(H2,13,14,15)/b9-8+. The Morgan fingerprint density at radius 2 is 1.87 bits per heavy atom. The van der Waals surface area contributed by atoms with Gasteiger partial charge in [0, 0.05) is 11.7 Å². The third-order valence-corrected chi connectivity index (χ3v) is 2.47. The summed E-state index contributed by atoms with van der Waals surface area (Å²) in [6.45, 7) is 5.90. The first kappa shape index (κ1) is 12.1. The second-order valence-electron chi connectivity index (χ2n) is 5.25. The molecule has 0 saturated heterocycles. The highest BCUT2D eigenvalue weighted by molar-refractivity contribution is 5.75. The molecule has 0 aliphatic heterocycles. The number of hydrogen-bond acceptors (Lipinski definition) is 1. The Labute approximate surface area is 92.3 Å². The van der Waals surface area contributed by atoms with Crippen molar-refractivity contribution in [2.24, 2.45) is 5.92 Å². The van der Waals surface area contributed by atoms with Crippen molar-refractivity contribution in [3.05, 3.63) is 12.3 Å². The summed E-state index contributed by atoms with van der Waals surface area (Å²) in [7, 11) is 0. The lowest BCUT2D eigenvalue weighted by molar-refractivity contribution is 0.235. The highest BCUT2D eigenvalue weighted by Crippen LogP contribution is 2.25. The Morgan fingerprint density at radius 1 is 1.27 bits per heavy atom. The van der Waals surface area contributed by atoms with Crippen molar-refractivity contribution in [3.63, 3.8) is 0 Å². The van der Waals surface area contributed by atoms with Crippen LogP contribution in [0.5, 0.6) is 0 Å². The SMILES string of the molecule is CC(C)(C)NC(=O)N/C=C/C1CCCC1. The van der Waals surface area contributed by atoms with E-state index in [1.807, 2.05) is 20.8 Å². The molecule has 0 radical (unpaired) electrons. The van der Waals surface area contributed by atoms with Crippen molar-refractivity contribution >= 4 is 6.03 Å². The van der Waals surface area contributed by atoms with E-state index in [9.17, 15) is 4.79 Å². The van der Waals surface area contributed by atoms with Crippen molar-refractivity contribution in [1.82, 2.24) is 10.6 Å². The van der Waals surface area contributed by atoms with Crippen LogP contribution in [-0.2, 0) is 0 Å². The fraction of sp³-hybridized carbons (Fsp3) is 0.750. The molecular weight excluding hydrogens is 188 g/mol. The van der Waals surface area contributed by atoms with Crippen molar-refractivity contribution in [1.29, 1.82) is 0 Å². The molecule has 0 aromatic rings. The van der Waals surface area contributed by atoms with Crippen LogP contribution in [0.25, 0.3) is 0 Å². The predicted octanol–water partition coefficient (Wildman–Crippen LogP) is 2.79. The van der Waals surface area contributed by atoms with Gasteiger partial charge in [0.25, 0.3) is 0 Å². The van der Waals surface area contributed by atoms with Crippen LogP contribution in [0.1, 0.15) is 46.5 Å². The number of allylic oxidation sites excluding steroid dienone is 1. The molecule has 86 valence electrons. The Hall–Kier alpha value is -0.990. The molecule has 0 spiro atoms. The van der Waals surface area contributed by atoms with E-state index in [0.717, 1.165) is 0 Å². The average Bonchev–Trinajstić information content (AvgIpc) is 2.53. The summed E-state index contributed by atoms with van der Waals surface area (Å²) in [5, 5.41) is 5.58. The molecule has 3 nitrogen and oxygen atoms in total. The Kier molecular flexibility index (Phi) is 4.18. The van der Waals surface area contributed by atoms with Gasteiger partial charge < -0.3 is 10.6 Å². The minimum Gasteiger partial charge on any atom is -0.333 e. The van der Waals surface area contributed by atoms with Crippen molar-refractivity contribution < 1.29 is 4.79 Å². The summed E-state index contributed by atoms with van der Waals surface area (Å²) in [4.78, 5) is 11.4. The number of hydrogen-bond donors (Lipinski definition) is 2. The summed E-state index contributed by atoms with van der Waals surface area (Å²) in [5.41, 5.74) is -0.175. The smallest absolute Gasteiger partial charge is 0.319 e. The zero-order chi connectivity index (χ0) is 11.3. The van der Waals surface area contributed by atoms with Crippen LogP contribution in [-0.4, -0.2) is 11.6 Å². The van der Waals surface area contributed by atoms with Crippen molar-refractivity contribution in [2.45, 2.75) is 52.0 Å². The third kappa shape index (κ3) is 5.45. The van der Waals surface area contributed by atoms with E-state index in [2.05, 4.69) is 16.7 Å². The average molecular weight is 210 g/mol. The lowest BCUT2D eigenvalue weighted by Crippen LogP contribution is -2.44. The maximum absolute atomic E-state index is 11.4. The molecule has 0 unspecified atom stereocenters. The molecule has 2 amide bonds. The van der Waals surface area contributed by atoms with Gasteiger partial charge in [0.2, 0.25) is 0 Å². The quantitative estimate of drug-likeness (QED) is 0.723. The second-order valence-corrected chi connectivity index (χ2v) is 5.25.